The van der Waals surface area contributed by atoms with Crippen molar-refractivity contribution >= 4 is 17.5 Å². The van der Waals surface area contributed by atoms with Gasteiger partial charge in [-0.3, -0.25) is 10.1 Å². The normalized spacial score (nSPS) is 12.8. The van der Waals surface area contributed by atoms with Gasteiger partial charge in [0.2, 0.25) is 0 Å². The molecule has 1 amide bonds. The maximum absolute atomic E-state index is 11.6. The Morgan fingerprint density at radius 1 is 1.19 bits per heavy atom. The molecule has 0 aliphatic heterocycles. The standard InChI is InChI=1S/C18H21N3O6/c19-14-8-4-7-13(16(14)21(25)26)17(23)15(22)9-10-20-18(24)27-11-12-5-2-1-3-6-12/h1-8,15,17,22-23H,9-11,19H2,(H,20,24). The summed E-state index contributed by atoms with van der Waals surface area (Å²) in [6.45, 7) is 0.120. The molecule has 0 fully saturated rings. The number of ether oxygens (including phenoxy) is 1. The summed E-state index contributed by atoms with van der Waals surface area (Å²) in [7, 11) is 0. The van der Waals surface area contributed by atoms with Gasteiger partial charge in [-0.1, -0.05) is 36.4 Å². The van der Waals surface area contributed by atoms with Gasteiger partial charge in [-0.2, -0.15) is 0 Å². The number of rotatable bonds is 8. The SMILES string of the molecule is Nc1cccc(C(O)C(O)CCNC(=O)OCc2ccccc2)c1[N+](=O)[O-]. The van der Waals surface area contributed by atoms with Crippen LogP contribution in [-0.4, -0.2) is 33.9 Å². The summed E-state index contributed by atoms with van der Waals surface area (Å²) in [6, 6.07) is 13.2. The number of aliphatic hydroxyl groups excluding tert-OH is 2. The number of nitro benzene ring substituents is 1. The summed E-state index contributed by atoms with van der Waals surface area (Å²) >= 11 is 0. The van der Waals surface area contributed by atoms with Crippen molar-refractivity contribution < 1.29 is 24.7 Å². The number of carbonyl (C=O) groups is 1. The predicted molar refractivity (Wildman–Crippen MR) is 97.7 cm³/mol. The molecule has 0 aliphatic rings. The van der Waals surface area contributed by atoms with Crippen molar-refractivity contribution in [2.45, 2.75) is 25.2 Å². The van der Waals surface area contributed by atoms with Crippen molar-refractivity contribution in [2.24, 2.45) is 0 Å². The van der Waals surface area contributed by atoms with Crippen LogP contribution >= 0.6 is 0 Å². The summed E-state index contributed by atoms with van der Waals surface area (Å²) in [5.74, 6) is 0. The minimum atomic E-state index is -1.52. The van der Waals surface area contributed by atoms with Crippen molar-refractivity contribution in [1.29, 1.82) is 0 Å². The smallest absolute Gasteiger partial charge is 0.407 e. The third-order valence-electron chi connectivity index (χ3n) is 3.89. The molecule has 2 rings (SSSR count). The number of carbonyl (C=O) groups excluding carboxylic acids is 1. The zero-order valence-corrected chi connectivity index (χ0v) is 14.4. The van der Waals surface area contributed by atoms with E-state index < -0.39 is 28.9 Å². The number of nitrogens with one attached hydrogen (secondary N) is 1. The van der Waals surface area contributed by atoms with E-state index >= 15 is 0 Å². The highest BCUT2D eigenvalue weighted by Gasteiger charge is 2.28. The number of nitrogen functional groups attached to an aromatic ring is 1. The number of alkyl carbamates (subject to hydrolysis) is 1. The summed E-state index contributed by atoms with van der Waals surface area (Å²) < 4.78 is 5.02. The van der Waals surface area contributed by atoms with Crippen LogP contribution in [0.4, 0.5) is 16.2 Å². The van der Waals surface area contributed by atoms with E-state index in [-0.39, 0.29) is 30.8 Å². The fourth-order valence-corrected chi connectivity index (χ4v) is 2.49. The molecular weight excluding hydrogens is 354 g/mol. The van der Waals surface area contributed by atoms with Crippen LogP contribution < -0.4 is 11.1 Å². The van der Waals surface area contributed by atoms with Crippen LogP contribution in [0.25, 0.3) is 0 Å². The molecule has 0 aromatic heterocycles. The zero-order chi connectivity index (χ0) is 19.8. The first-order valence-electron chi connectivity index (χ1n) is 8.23. The third kappa shape index (κ3) is 5.66. The summed E-state index contributed by atoms with van der Waals surface area (Å²) in [5.41, 5.74) is 5.77. The zero-order valence-electron chi connectivity index (χ0n) is 14.4. The predicted octanol–water partition coefficient (Wildman–Crippen LogP) is 1.89. The number of hydrogen-bond acceptors (Lipinski definition) is 7. The van der Waals surface area contributed by atoms with Crippen LogP contribution in [0.5, 0.6) is 0 Å². The highest BCUT2D eigenvalue weighted by molar-refractivity contribution is 5.67. The molecule has 0 heterocycles. The molecule has 2 aromatic rings. The molecule has 0 saturated heterocycles. The van der Waals surface area contributed by atoms with Crippen LogP contribution in [-0.2, 0) is 11.3 Å². The van der Waals surface area contributed by atoms with Gasteiger partial charge >= 0.3 is 6.09 Å². The Morgan fingerprint density at radius 3 is 2.56 bits per heavy atom. The van der Waals surface area contributed by atoms with Gasteiger partial charge in [0.05, 0.1) is 16.6 Å². The van der Waals surface area contributed by atoms with E-state index in [1.165, 1.54) is 18.2 Å². The van der Waals surface area contributed by atoms with Crippen molar-refractivity contribution in [3.05, 3.63) is 69.8 Å². The van der Waals surface area contributed by atoms with E-state index in [1.54, 1.807) is 0 Å². The number of nitrogens with zero attached hydrogens (tertiary/aromatic N) is 1. The summed E-state index contributed by atoms with van der Waals surface area (Å²) in [5, 5.41) is 33.9. The molecule has 5 N–H and O–H groups in total. The van der Waals surface area contributed by atoms with Gasteiger partial charge in [-0.15, -0.1) is 0 Å². The van der Waals surface area contributed by atoms with Gasteiger partial charge in [0.25, 0.3) is 5.69 Å². The lowest BCUT2D eigenvalue weighted by Crippen LogP contribution is -2.30. The number of para-hydroxylation sites is 1. The Balaban J connectivity index is 1.83. The highest BCUT2D eigenvalue weighted by Crippen LogP contribution is 2.32. The molecular formula is C18H21N3O6. The molecule has 0 aliphatic carbocycles. The monoisotopic (exact) mass is 375 g/mol. The Kier molecular flexibility index (Phi) is 7.09. The second-order valence-corrected chi connectivity index (χ2v) is 5.83. The van der Waals surface area contributed by atoms with Gasteiger partial charge in [0, 0.05) is 6.54 Å². The number of nitro groups is 1. The van der Waals surface area contributed by atoms with Crippen molar-refractivity contribution in [3.8, 4) is 0 Å². The second kappa shape index (κ2) is 9.51. The Labute approximate surface area is 155 Å². The van der Waals surface area contributed by atoms with Gasteiger partial charge in [0.1, 0.15) is 18.4 Å². The van der Waals surface area contributed by atoms with Gasteiger partial charge in [-0.05, 0) is 24.1 Å². The van der Waals surface area contributed by atoms with Crippen molar-refractivity contribution in [2.75, 3.05) is 12.3 Å². The second-order valence-electron chi connectivity index (χ2n) is 5.83. The molecule has 2 atom stereocenters. The third-order valence-corrected chi connectivity index (χ3v) is 3.89. The average Bonchev–Trinajstić information content (AvgIpc) is 2.66. The molecule has 0 radical (unpaired) electrons. The number of amides is 1. The Bertz CT molecular complexity index is 784. The summed E-state index contributed by atoms with van der Waals surface area (Å²) in [4.78, 5) is 22.1. The Morgan fingerprint density at radius 2 is 1.89 bits per heavy atom. The van der Waals surface area contributed by atoms with Crippen LogP contribution in [0.3, 0.4) is 0 Å². The largest absolute Gasteiger partial charge is 0.445 e. The van der Waals surface area contributed by atoms with Gasteiger partial charge in [0.15, 0.2) is 0 Å². The molecule has 9 nitrogen and oxygen atoms in total. The lowest BCUT2D eigenvalue weighted by atomic mass is 9.99. The van der Waals surface area contributed by atoms with Crippen LogP contribution in [0, 0.1) is 10.1 Å². The van der Waals surface area contributed by atoms with Crippen LogP contribution in [0.1, 0.15) is 23.7 Å². The summed E-state index contributed by atoms with van der Waals surface area (Å²) in [6.07, 6.45) is -3.56. The molecule has 2 aromatic carbocycles. The number of anilines is 1. The Hall–Kier alpha value is -3.17. The molecule has 0 bridgehead atoms. The number of benzene rings is 2. The van der Waals surface area contributed by atoms with Crippen LogP contribution in [0.2, 0.25) is 0 Å². The molecule has 0 spiro atoms. The van der Waals surface area contributed by atoms with Crippen molar-refractivity contribution in [3.63, 3.8) is 0 Å². The molecule has 9 heteroatoms. The number of nitrogens with two attached hydrogens (primary N) is 1. The van der Waals surface area contributed by atoms with E-state index in [1.807, 2.05) is 30.3 Å². The quantitative estimate of drug-likeness (QED) is 0.313. The fraction of sp³-hybridized carbons (Fsp3) is 0.278. The minimum Gasteiger partial charge on any atom is -0.445 e. The first kappa shape index (κ1) is 20.1. The van der Waals surface area contributed by atoms with Gasteiger partial charge in [-0.25, -0.2) is 4.79 Å². The maximum atomic E-state index is 11.6. The molecule has 0 saturated carbocycles. The minimum absolute atomic E-state index is 0.0158. The van der Waals surface area contributed by atoms with E-state index in [2.05, 4.69) is 5.32 Å². The van der Waals surface area contributed by atoms with E-state index in [0.29, 0.717) is 0 Å². The molecule has 2 unspecified atom stereocenters. The number of aliphatic hydroxyl groups is 2. The van der Waals surface area contributed by atoms with Gasteiger partial charge < -0.3 is 26.0 Å². The number of hydrogen-bond donors (Lipinski definition) is 4. The lowest BCUT2D eigenvalue weighted by Gasteiger charge is -2.18. The fourth-order valence-electron chi connectivity index (χ4n) is 2.49. The lowest BCUT2D eigenvalue weighted by molar-refractivity contribution is -0.385. The maximum Gasteiger partial charge on any atom is 0.407 e. The first-order valence-corrected chi connectivity index (χ1v) is 8.23. The van der Waals surface area contributed by atoms with Crippen molar-refractivity contribution in [1.82, 2.24) is 5.32 Å². The van der Waals surface area contributed by atoms with Crippen LogP contribution in [0.15, 0.2) is 48.5 Å². The van der Waals surface area contributed by atoms with E-state index in [0.717, 1.165) is 5.56 Å². The average molecular weight is 375 g/mol. The first-order chi connectivity index (χ1) is 12.9. The van der Waals surface area contributed by atoms with E-state index in [4.69, 9.17) is 10.5 Å². The molecule has 27 heavy (non-hydrogen) atoms. The van der Waals surface area contributed by atoms with E-state index in [9.17, 15) is 25.1 Å². The molecule has 144 valence electrons. The topological polar surface area (TPSA) is 148 Å². The highest BCUT2D eigenvalue weighted by atomic mass is 16.6.